The van der Waals surface area contributed by atoms with E-state index in [2.05, 4.69) is 37.2 Å². The Balaban J connectivity index is 2.13. The first kappa shape index (κ1) is 15.4. The summed E-state index contributed by atoms with van der Waals surface area (Å²) in [5.41, 5.74) is 0.758. The van der Waals surface area contributed by atoms with Crippen LogP contribution in [0.1, 0.15) is 11.1 Å². The number of hydrogen-bond donors (Lipinski definition) is 1. The number of alkyl halides is 3. The minimum Gasteiger partial charge on any atom is -0.380 e. The third kappa shape index (κ3) is 3.99. The second-order valence-electron chi connectivity index (χ2n) is 4.18. The number of anilines is 1. The van der Waals surface area contributed by atoms with Crippen LogP contribution < -0.4 is 5.32 Å². The van der Waals surface area contributed by atoms with E-state index in [1.165, 1.54) is 6.07 Å². The molecule has 0 aliphatic heterocycles. The molecule has 106 valence electrons. The van der Waals surface area contributed by atoms with E-state index in [0.717, 1.165) is 26.8 Å². The maximum atomic E-state index is 12.6. The van der Waals surface area contributed by atoms with Gasteiger partial charge in [-0.2, -0.15) is 13.2 Å². The number of halogens is 5. The molecule has 0 spiro atoms. The van der Waals surface area contributed by atoms with Gasteiger partial charge in [-0.05, 0) is 51.8 Å². The van der Waals surface area contributed by atoms with Crippen molar-refractivity contribution in [3.8, 4) is 0 Å². The zero-order valence-electron chi connectivity index (χ0n) is 10.1. The van der Waals surface area contributed by atoms with Crippen LogP contribution in [-0.2, 0) is 12.7 Å². The topological polar surface area (TPSA) is 12.0 Å². The minimum atomic E-state index is -4.31. The molecule has 0 aromatic heterocycles. The van der Waals surface area contributed by atoms with Gasteiger partial charge in [0.05, 0.1) is 5.56 Å². The molecule has 1 nitrogen and oxygen atoms in total. The molecule has 0 fully saturated rings. The van der Waals surface area contributed by atoms with Gasteiger partial charge in [-0.1, -0.05) is 28.1 Å². The first-order valence-electron chi connectivity index (χ1n) is 5.71. The first-order valence-corrected chi connectivity index (χ1v) is 7.30. The molecule has 0 saturated heterocycles. The summed E-state index contributed by atoms with van der Waals surface area (Å²) in [4.78, 5) is 0. The van der Waals surface area contributed by atoms with Crippen LogP contribution in [0, 0.1) is 0 Å². The fourth-order valence-electron chi connectivity index (χ4n) is 1.69. The Morgan fingerprint density at radius 2 is 1.75 bits per heavy atom. The molecule has 2 rings (SSSR count). The molecule has 6 heteroatoms. The standard InChI is InChI=1S/C14H10Br2F3N/c15-11-4-5-12(16)13(7-11)20-8-9-2-1-3-10(6-9)14(17,18)19/h1-7,20H,8H2. The summed E-state index contributed by atoms with van der Waals surface area (Å²) >= 11 is 6.74. The summed E-state index contributed by atoms with van der Waals surface area (Å²) in [5, 5.41) is 3.10. The van der Waals surface area contributed by atoms with Crippen molar-refractivity contribution in [2.45, 2.75) is 12.7 Å². The fraction of sp³-hybridized carbons (Fsp3) is 0.143. The second-order valence-corrected chi connectivity index (χ2v) is 5.95. The smallest absolute Gasteiger partial charge is 0.380 e. The zero-order chi connectivity index (χ0) is 14.8. The maximum Gasteiger partial charge on any atom is 0.416 e. The van der Waals surface area contributed by atoms with Crippen molar-refractivity contribution in [3.05, 3.63) is 62.5 Å². The molecule has 2 aromatic rings. The van der Waals surface area contributed by atoms with Gasteiger partial charge in [-0.25, -0.2) is 0 Å². The minimum absolute atomic E-state index is 0.318. The predicted octanol–water partition coefficient (Wildman–Crippen LogP) is 5.84. The highest BCUT2D eigenvalue weighted by atomic mass is 79.9. The Morgan fingerprint density at radius 1 is 1.00 bits per heavy atom. The molecule has 2 aromatic carbocycles. The Bertz CT molecular complexity index is 612. The summed E-state index contributed by atoms with van der Waals surface area (Å²) in [6.07, 6.45) is -4.31. The van der Waals surface area contributed by atoms with E-state index < -0.39 is 11.7 Å². The van der Waals surface area contributed by atoms with Gasteiger partial charge in [0.15, 0.2) is 0 Å². The van der Waals surface area contributed by atoms with Gasteiger partial charge in [-0.15, -0.1) is 0 Å². The van der Waals surface area contributed by atoms with Gasteiger partial charge in [0.1, 0.15) is 0 Å². The summed E-state index contributed by atoms with van der Waals surface area (Å²) in [5.74, 6) is 0. The summed E-state index contributed by atoms with van der Waals surface area (Å²) in [6.45, 7) is 0.318. The molecule has 1 N–H and O–H groups in total. The number of hydrogen-bond acceptors (Lipinski definition) is 1. The highest BCUT2D eigenvalue weighted by Crippen LogP contribution is 2.30. The number of nitrogens with one attached hydrogen (secondary N) is 1. The van der Waals surface area contributed by atoms with E-state index in [-0.39, 0.29) is 0 Å². The predicted molar refractivity (Wildman–Crippen MR) is 80.6 cm³/mol. The summed E-state index contributed by atoms with van der Waals surface area (Å²) < 4.78 is 39.6. The van der Waals surface area contributed by atoms with Gasteiger partial charge in [0.25, 0.3) is 0 Å². The summed E-state index contributed by atoms with van der Waals surface area (Å²) in [7, 11) is 0. The molecular weight excluding hydrogens is 399 g/mol. The van der Waals surface area contributed by atoms with E-state index >= 15 is 0 Å². The first-order chi connectivity index (χ1) is 9.36. The molecule has 0 radical (unpaired) electrons. The molecule has 0 amide bonds. The van der Waals surface area contributed by atoms with E-state index in [0.29, 0.717) is 12.1 Å². The third-order valence-corrected chi connectivity index (χ3v) is 3.85. The van der Waals surface area contributed by atoms with Crippen molar-refractivity contribution in [1.29, 1.82) is 0 Å². The van der Waals surface area contributed by atoms with Crippen molar-refractivity contribution in [2.75, 3.05) is 5.32 Å². The summed E-state index contributed by atoms with van der Waals surface area (Å²) in [6, 6.07) is 10.9. The molecule has 0 saturated carbocycles. The lowest BCUT2D eigenvalue weighted by atomic mass is 10.1. The average molecular weight is 409 g/mol. The van der Waals surface area contributed by atoms with E-state index in [1.54, 1.807) is 6.07 Å². The van der Waals surface area contributed by atoms with Crippen LogP contribution in [0.2, 0.25) is 0 Å². The number of benzene rings is 2. The van der Waals surface area contributed by atoms with Crippen LogP contribution >= 0.6 is 31.9 Å². The molecule has 0 aliphatic carbocycles. The Morgan fingerprint density at radius 3 is 2.45 bits per heavy atom. The van der Waals surface area contributed by atoms with Crippen molar-refractivity contribution < 1.29 is 13.2 Å². The fourth-order valence-corrected chi connectivity index (χ4v) is 2.44. The normalized spacial score (nSPS) is 11.4. The van der Waals surface area contributed by atoms with Gasteiger partial charge in [0, 0.05) is 21.2 Å². The monoisotopic (exact) mass is 407 g/mol. The number of rotatable bonds is 3. The van der Waals surface area contributed by atoms with Gasteiger partial charge < -0.3 is 5.32 Å². The quantitative estimate of drug-likeness (QED) is 0.672. The van der Waals surface area contributed by atoms with Crippen LogP contribution in [0.5, 0.6) is 0 Å². The lowest BCUT2D eigenvalue weighted by Crippen LogP contribution is -2.07. The van der Waals surface area contributed by atoms with Gasteiger partial charge >= 0.3 is 6.18 Å². The van der Waals surface area contributed by atoms with Gasteiger partial charge in [-0.3, -0.25) is 0 Å². The molecule has 0 bridgehead atoms. The highest BCUT2D eigenvalue weighted by molar-refractivity contribution is 9.11. The zero-order valence-corrected chi connectivity index (χ0v) is 13.3. The van der Waals surface area contributed by atoms with Crippen molar-refractivity contribution in [3.63, 3.8) is 0 Å². The molecule has 0 unspecified atom stereocenters. The third-order valence-electron chi connectivity index (χ3n) is 2.67. The second kappa shape index (κ2) is 6.18. The molecular formula is C14H10Br2F3N. The van der Waals surface area contributed by atoms with Crippen molar-refractivity contribution in [1.82, 2.24) is 0 Å². The maximum absolute atomic E-state index is 12.6. The van der Waals surface area contributed by atoms with Crippen LogP contribution in [-0.4, -0.2) is 0 Å². The Labute approximate surface area is 131 Å². The van der Waals surface area contributed by atoms with Crippen molar-refractivity contribution >= 4 is 37.5 Å². The van der Waals surface area contributed by atoms with Crippen LogP contribution in [0.4, 0.5) is 18.9 Å². The van der Waals surface area contributed by atoms with Crippen molar-refractivity contribution in [2.24, 2.45) is 0 Å². The van der Waals surface area contributed by atoms with E-state index in [9.17, 15) is 13.2 Å². The Kier molecular flexibility index (Phi) is 4.75. The Hall–Kier alpha value is -1.01. The van der Waals surface area contributed by atoms with E-state index in [1.807, 2.05) is 18.2 Å². The van der Waals surface area contributed by atoms with Gasteiger partial charge in [0.2, 0.25) is 0 Å². The molecule has 0 heterocycles. The van der Waals surface area contributed by atoms with E-state index in [4.69, 9.17) is 0 Å². The van der Waals surface area contributed by atoms with Crippen LogP contribution in [0.25, 0.3) is 0 Å². The molecule has 20 heavy (non-hydrogen) atoms. The lowest BCUT2D eigenvalue weighted by molar-refractivity contribution is -0.137. The molecule has 0 atom stereocenters. The largest absolute Gasteiger partial charge is 0.416 e. The SMILES string of the molecule is FC(F)(F)c1cccc(CNc2cc(Br)ccc2Br)c1. The van der Waals surface area contributed by atoms with Crippen LogP contribution in [0.15, 0.2) is 51.4 Å². The molecule has 0 aliphatic rings. The lowest BCUT2D eigenvalue weighted by Gasteiger charge is -2.11. The van der Waals surface area contributed by atoms with Crippen LogP contribution in [0.3, 0.4) is 0 Å². The average Bonchev–Trinajstić information content (AvgIpc) is 2.39. The highest BCUT2D eigenvalue weighted by Gasteiger charge is 2.30.